The fourth-order valence-corrected chi connectivity index (χ4v) is 6.67. The molecule has 174 valence electrons. The smallest absolute Gasteiger partial charge is 0.260 e. The van der Waals surface area contributed by atoms with Crippen LogP contribution in [0.2, 0.25) is 0 Å². The van der Waals surface area contributed by atoms with Crippen LogP contribution in [0.4, 0.5) is 0 Å². The van der Waals surface area contributed by atoms with E-state index in [9.17, 15) is 9.59 Å². The van der Waals surface area contributed by atoms with Crippen molar-refractivity contribution in [3.8, 4) is 0 Å². The van der Waals surface area contributed by atoms with Gasteiger partial charge in [-0.05, 0) is 50.3 Å². The highest BCUT2D eigenvalue weighted by atomic mass is 32.1. The highest BCUT2D eigenvalue weighted by Crippen LogP contribution is 2.33. The summed E-state index contributed by atoms with van der Waals surface area (Å²) in [5, 5.41) is 1.72. The molecule has 1 amide bonds. The van der Waals surface area contributed by atoms with Crippen molar-refractivity contribution in [2.45, 2.75) is 39.2 Å². The molecule has 8 heteroatoms. The van der Waals surface area contributed by atoms with E-state index in [1.807, 2.05) is 42.2 Å². The van der Waals surface area contributed by atoms with Gasteiger partial charge in [-0.3, -0.25) is 14.6 Å². The van der Waals surface area contributed by atoms with E-state index in [0.717, 1.165) is 70.6 Å². The molecule has 3 aromatic heterocycles. The van der Waals surface area contributed by atoms with E-state index in [4.69, 9.17) is 4.98 Å². The number of quaternary nitrogens is 1. The number of nitrogens with zero attached hydrogens (tertiary/aromatic N) is 3. The van der Waals surface area contributed by atoms with Crippen LogP contribution < -0.4 is 10.5 Å². The van der Waals surface area contributed by atoms with Crippen LogP contribution in [-0.2, 0) is 19.4 Å². The summed E-state index contributed by atoms with van der Waals surface area (Å²) in [6.45, 7) is 5.63. The molecule has 4 aromatic rings. The number of pyridine rings is 1. The number of thiophene rings is 1. The Kier molecular flexibility index (Phi) is 5.42. The molecule has 0 unspecified atom stereocenters. The van der Waals surface area contributed by atoms with Crippen molar-refractivity contribution in [2.75, 3.05) is 26.2 Å². The Balaban J connectivity index is 1.17. The molecule has 0 saturated carbocycles. The first kappa shape index (κ1) is 21.4. The van der Waals surface area contributed by atoms with Crippen LogP contribution in [0.1, 0.15) is 45.2 Å². The first-order valence-corrected chi connectivity index (χ1v) is 12.9. The lowest BCUT2D eigenvalue weighted by Crippen LogP contribution is -3.13. The van der Waals surface area contributed by atoms with Gasteiger partial charge in [0.05, 0.1) is 42.6 Å². The zero-order chi connectivity index (χ0) is 23.2. The molecule has 2 aliphatic rings. The summed E-state index contributed by atoms with van der Waals surface area (Å²) in [6, 6.07) is 9.72. The zero-order valence-corrected chi connectivity index (χ0v) is 20.1. The Hall–Kier alpha value is -3.10. The number of aromatic nitrogens is 3. The minimum atomic E-state index is 0.00699. The number of nitrogens with one attached hydrogen (secondary N) is 2. The predicted molar refractivity (Wildman–Crippen MR) is 134 cm³/mol. The monoisotopic (exact) mass is 474 g/mol. The number of hydrogen-bond acceptors (Lipinski definition) is 5. The fraction of sp³-hybridized carbons (Fsp3) is 0.385. The van der Waals surface area contributed by atoms with Crippen molar-refractivity contribution in [1.29, 1.82) is 0 Å². The number of para-hydroxylation sites is 1. The van der Waals surface area contributed by atoms with Crippen LogP contribution in [0.5, 0.6) is 0 Å². The molecule has 1 aliphatic heterocycles. The van der Waals surface area contributed by atoms with E-state index < -0.39 is 0 Å². The number of aryl methyl sites for hydroxylation is 3. The molecule has 0 atom stereocenters. The highest BCUT2D eigenvalue weighted by Gasteiger charge is 2.27. The Morgan fingerprint density at radius 1 is 1.15 bits per heavy atom. The molecule has 0 radical (unpaired) electrons. The number of rotatable bonds is 3. The molecular weight excluding hydrogens is 446 g/mol. The second-order valence-electron chi connectivity index (χ2n) is 9.45. The second kappa shape index (κ2) is 8.60. The molecule has 1 fully saturated rings. The third-order valence-corrected chi connectivity index (χ3v) is 8.31. The number of carbonyl (C=O) groups is 1. The van der Waals surface area contributed by atoms with Crippen LogP contribution in [0, 0.1) is 6.92 Å². The Labute approximate surface area is 201 Å². The van der Waals surface area contributed by atoms with Gasteiger partial charge in [-0.2, -0.15) is 0 Å². The number of piperazine rings is 1. The van der Waals surface area contributed by atoms with E-state index in [1.54, 1.807) is 11.3 Å². The minimum absolute atomic E-state index is 0.00699. The number of fused-ring (bicyclic) bond motifs is 4. The van der Waals surface area contributed by atoms with Gasteiger partial charge in [0.1, 0.15) is 11.4 Å². The normalized spacial score (nSPS) is 16.8. The molecule has 1 saturated heterocycles. The summed E-state index contributed by atoms with van der Waals surface area (Å²) >= 11 is 1.70. The topological polar surface area (TPSA) is 83.4 Å². The van der Waals surface area contributed by atoms with Crippen molar-refractivity contribution < 1.29 is 9.69 Å². The van der Waals surface area contributed by atoms with Crippen molar-refractivity contribution in [3.63, 3.8) is 0 Å². The maximum absolute atomic E-state index is 13.3. The largest absolute Gasteiger partial charge is 0.327 e. The maximum Gasteiger partial charge on any atom is 0.260 e. The van der Waals surface area contributed by atoms with Crippen molar-refractivity contribution in [3.05, 3.63) is 68.2 Å². The van der Waals surface area contributed by atoms with Gasteiger partial charge >= 0.3 is 0 Å². The minimum Gasteiger partial charge on any atom is -0.327 e. The Morgan fingerprint density at radius 3 is 2.79 bits per heavy atom. The predicted octanol–water partition coefficient (Wildman–Crippen LogP) is 2.26. The lowest BCUT2D eigenvalue weighted by atomic mass is 9.97. The zero-order valence-electron chi connectivity index (χ0n) is 19.3. The van der Waals surface area contributed by atoms with E-state index in [1.165, 1.54) is 21.8 Å². The summed E-state index contributed by atoms with van der Waals surface area (Å²) in [5.74, 6) is 0.819. The second-order valence-corrected chi connectivity index (χ2v) is 10.5. The molecule has 34 heavy (non-hydrogen) atoms. The van der Waals surface area contributed by atoms with Crippen LogP contribution >= 0.6 is 11.3 Å². The molecule has 7 nitrogen and oxygen atoms in total. The van der Waals surface area contributed by atoms with Gasteiger partial charge in [0.25, 0.3) is 11.5 Å². The maximum atomic E-state index is 13.3. The quantitative estimate of drug-likeness (QED) is 0.477. The summed E-state index contributed by atoms with van der Waals surface area (Å²) < 4.78 is 0. The van der Waals surface area contributed by atoms with E-state index in [0.29, 0.717) is 19.6 Å². The SMILES string of the molecule is Cc1cc(C(=O)N2CC[NH+](Cc3nc4sc5c(c4c(=O)[nH]3)CCCC5)CC2)c2ccccc2n1. The number of hydrogen-bond donors (Lipinski definition) is 2. The molecule has 4 heterocycles. The van der Waals surface area contributed by atoms with Crippen molar-refractivity contribution in [2.24, 2.45) is 0 Å². The molecule has 2 N–H and O–H groups in total. The van der Waals surface area contributed by atoms with E-state index in [2.05, 4.69) is 9.97 Å². The van der Waals surface area contributed by atoms with Gasteiger partial charge in [0.15, 0.2) is 5.82 Å². The van der Waals surface area contributed by atoms with E-state index >= 15 is 0 Å². The fourth-order valence-electron chi connectivity index (χ4n) is 5.39. The van der Waals surface area contributed by atoms with Gasteiger partial charge in [-0.25, -0.2) is 4.98 Å². The number of H-pyrrole nitrogens is 1. The number of amides is 1. The van der Waals surface area contributed by atoms with Gasteiger partial charge < -0.3 is 14.8 Å². The highest BCUT2D eigenvalue weighted by molar-refractivity contribution is 7.18. The molecule has 1 aromatic carbocycles. The van der Waals surface area contributed by atoms with E-state index in [-0.39, 0.29) is 11.5 Å². The number of aromatic amines is 1. The van der Waals surface area contributed by atoms with Crippen molar-refractivity contribution in [1.82, 2.24) is 19.9 Å². The number of carbonyl (C=O) groups excluding carboxylic acids is 1. The summed E-state index contributed by atoms with van der Waals surface area (Å²) in [6.07, 6.45) is 4.42. The molecule has 0 bridgehead atoms. The van der Waals surface area contributed by atoms with Gasteiger partial charge in [-0.15, -0.1) is 11.3 Å². The molecule has 6 rings (SSSR count). The van der Waals surface area contributed by atoms with Crippen LogP contribution in [0.15, 0.2) is 35.1 Å². The average molecular weight is 475 g/mol. The summed E-state index contributed by atoms with van der Waals surface area (Å²) in [7, 11) is 0. The third kappa shape index (κ3) is 3.80. The average Bonchev–Trinajstić information content (AvgIpc) is 3.22. The van der Waals surface area contributed by atoms with Crippen molar-refractivity contribution >= 4 is 38.4 Å². The van der Waals surface area contributed by atoms with Gasteiger partial charge in [0.2, 0.25) is 0 Å². The summed E-state index contributed by atoms with van der Waals surface area (Å²) in [4.78, 5) is 44.2. The number of benzene rings is 1. The first-order valence-electron chi connectivity index (χ1n) is 12.1. The van der Waals surface area contributed by atoms with Crippen LogP contribution in [-0.4, -0.2) is 51.9 Å². The first-order chi connectivity index (χ1) is 16.6. The molecule has 1 aliphatic carbocycles. The molecular formula is C26H28N5O2S+. The standard InChI is InChI=1S/C26H27N5O2S/c1-16-14-19(17-6-2-4-8-20(17)27-16)26(33)31-12-10-30(11-13-31)15-22-28-24(32)23-18-7-3-5-9-21(18)34-25(23)29-22/h2,4,6,8,14H,3,5,7,9-13,15H2,1H3,(H,28,29,32)/p+1. The third-order valence-electron chi connectivity index (χ3n) is 7.12. The van der Waals surface area contributed by atoms with Crippen LogP contribution in [0.25, 0.3) is 21.1 Å². The van der Waals surface area contributed by atoms with Gasteiger partial charge in [-0.1, -0.05) is 18.2 Å². The van der Waals surface area contributed by atoms with Gasteiger partial charge in [0, 0.05) is 16.0 Å². The summed E-state index contributed by atoms with van der Waals surface area (Å²) in [5.41, 5.74) is 3.67. The Bertz CT molecular complexity index is 1470. The van der Waals surface area contributed by atoms with Crippen LogP contribution in [0.3, 0.4) is 0 Å². The lowest BCUT2D eigenvalue weighted by molar-refractivity contribution is -0.918. The lowest BCUT2D eigenvalue weighted by Gasteiger charge is -2.32. The molecule has 0 spiro atoms. The Morgan fingerprint density at radius 2 is 1.94 bits per heavy atom.